The highest BCUT2D eigenvalue weighted by Crippen LogP contribution is 2.21. The molecule has 0 saturated heterocycles. The van der Waals surface area contributed by atoms with E-state index in [1.165, 1.54) is 24.1 Å². The first kappa shape index (κ1) is 11.7. The lowest BCUT2D eigenvalue weighted by atomic mass is 9.94. The van der Waals surface area contributed by atoms with Crippen LogP contribution in [0.15, 0.2) is 6.07 Å². The molecule has 0 amide bonds. The van der Waals surface area contributed by atoms with Crippen molar-refractivity contribution in [2.45, 2.75) is 46.5 Å². The van der Waals surface area contributed by atoms with E-state index in [1.807, 2.05) is 26.8 Å². The molecule has 0 unspecified atom stereocenters. The minimum absolute atomic E-state index is 0.737. The van der Waals surface area contributed by atoms with Crippen molar-refractivity contribution in [2.24, 2.45) is 0 Å². The Morgan fingerprint density at radius 1 is 1.27 bits per heavy atom. The summed E-state index contributed by atoms with van der Waals surface area (Å²) in [5.41, 5.74) is 4.11. The van der Waals surface area contributed by atoms with Crippen molar-refractivity contribution in [2.75, 3.05) is 0 Å². The summed E-state index contributed by atoms with van der Waals surface area (Å²) in [6.07, 6.45) is 4.66. The van der Waals surface area contributed by atoms with Gasteiger partial charge in [0.15, 0.2) is 0 Å². The van der Waals surface area contributed by atoms with Gasteiger partial charge in [-0.1, -0.05) is 13.8 Å². The van der Waals surface area contributed by atoms with E-state index in [4.69, 9.17) is 5.26 Å². The van der Waals surface area contributed by atoms with Gasteiger partial charge in [0.1, 0.15) is 6.07 Å². The Morgan fingerprint density at radius 2 is 1.93 bits per heavy atom. The Labute approximate surface area is 92.0 Å². The lowest BCUT2D eigenvalue weighted by Gasteiger charge is -2.15. The molecule has 1 heterocycles. The lowest BCUT2D eigenvalue weighted by molar-refractivity contribution is 0.665. The number of hydrogen-bond acceptors (Lipinski definition) is 2. The van der Waals surface area contributed by atoms with E-state index in [0.717, 1.165) is 24.1 Å². The Balaban J connectivity index is 0.000000531. The van der Waals surface area contributed by atoms with Gasteiger partial charge in [-0.15, -0.1) is 0 Å². The van der Waals surface area contributed by atoms with Crippen LogP contribution in [0.4, 0.5) is 0 Å². The predicted molar refractivity (Wildman–Crippen MR) is 61.7 cm³/mol. The third-order valence-corrected chi connectivity index (χ3v) is 2.61. The highest BCUT2D eigenvalue weighted by Gasteiger charge is 2.12. The largest absolute Gasteiger partial charge is 0.257 e. The summed E-state index contributed by atoms with van der Waals surface area (Å²) >= 11 is 0. The first-order chi connectivity index (χ1) is 7.31. The van der Waals surface area contributed by atoms with Crippen molar-refractivity contribution < 1.29 is 0 Å². The maximum atomic E-state index is 8.83. The minimum atomic E-state index is 0.737. The molecule has 0 aromatic carbocycles. The normalized spacial score (nSPS) is 13.2. The molecule has 80 valence electrons. The van der Waals surface area contributed by atoms with Crippen LogP contribution in [0.25, 0.3) is 0 Å². The number of nitriles is 1. The van der Waals surface area contributed by atoms with Gasteiger partial charge in [-0.05, 0) is 44.2 Å². The summed E-state index contributed by atoms with van der Waals surface area (Å²) in [5.74, 6) is 0. The van der Waals surface area contributed by atoms with Gasteiger partial charge < -0.3 is 0 Å². The molecule has 1 aromatic rings. The molecule has 0 bridgehead atoms. The predicted octanol–water partition coefficient (Wildman–Crippen LogP) is 3.17. The van der Waals surface area contributed by atoms with E-state index in [2.05, 4.69) is 11.1 Å². The summed E-state index contributed by atoms with van der Waals surface area (Å²) in [4.78, 5) is 4.46. The Bertz CT molecular complexity index is 375. The Morgan fingerprint density at radius 3 is 2.60 bits per heavy atom. The fourth-order valence-electron chi connectivity index (χ4n) is 1.85. The number of aromatic nitrogens is 1. The van der Waals surface area contributed by atoms with Crippen LogP contribution in [0.5, 0.6) is 0 Å². The minimum Gasteiger partial charge on any atom is -0.257 e. The van der Waals surface area contributed by atoms with Crippen LogP contribution in [0, 0.1) is 18.3 Å². The maximum Gasteiger partial charge on any atom is 0.101 e. The second-order valence-electron chi connectivity index (χ2n) is 3.55. The van der Waals surface area contributed by atoms with Gasteiger partial charge in [-0.2, -0.15) is 5.26 Å². The molecule has 0 radical (unpaired) electrons. The molecule has 0 aliphatic heterocycles. The zero-order chi connectivity index (χ0) is 11.3. The van der Waals surface area contributed by atoms with E-state index in [1.54, 1.807) is 0 Å². The number of pyridine rings is 1. The van der Waals surface area contributed by atoms with Gasteiger partial charge in [0.05, 0.1) is 11.3 Å². The van der Waals surface area contributed by atoms with Crippen molar-refractivity contribution in [1.82, 2.24) is 4.98 Å². The van der Waals surface area contributed by atoms with Crippen molar-refractivity contribution in [3.05, 3.63) is 28.6 Å². The molecule has 0 atom stereocenters. The van der Waals surface area contributed by atoms with Crippen molar-refractivity contribution in [1.29, 1.82) is 5.26 Å². The first-order valence-corrected chi connectivity index (χ1v) is 5.71. The topological polar surface area (TPSA) is 36.7 Å². The average Bonchev–Trinajstić information content (AvgIpc) is 2.31. The summed E-state index contributed by atoms with van der Waals surface area (Å²) in [5, 5.41) is 8.83. The lowest BCUT2D eigenvalue weighted by Crippen LogP contribution is -2.07. The van der Waals surface area contributed by atoms with E-state index in [9.17, 15) is 0 Å². The van der Waals surface area contributed by atoms with E-state index in [0.29, 0.717) is 0 Å². The highest BCUT2D eigenvalue weighted by molar-refractivity contribution is 5.39. The molecule has 2 heteroatoms. The van der Waals surface area contributed by atoms with E-state index in [-0.39, 0.29) is 0 Å². The zero-order valence-corrected chi connectivity index (χ0v) is 9.80. The SMILES string of the molecule is CC.Cc1nc2c(cc1C#N)CCCC2. The van der Waals surface area contributed by atoms with Crippen LogP contribution in [0.2, 0.25) is 0 Å². The molecule has 0 saturated carbocycles. The van der Waals surface area contributed by atoms with Gasteiger partial charge in [0.25, 0.3) is 0 Å². The molecule has 2 nitrogen and oxygen atoms in total. The molecule has 0 fully saturated rings. The summed E-state index contributed by atoms with van der Waals surface area (Å²) in [7, 11) is 0. The molecule has 1 aromatic heterocycles. The van der Waals surface area contributed by atoms with Crippen molar-refractivity contribution >= 4 is 0 Å². The highest BCUT2D eigenvalue weighted by atomic mass is 14.7. The summed E-state index contributed by atoms with van der Waals surface area (Å²) in [6.45, 7) is 5.91. The van der Waals surface area contributed by atoms with Crippen molar-refractivity contribution in [3.8, 4) is 6.07 Å². The van der Waals surface area contributed by atoms with Crippen LogP contribution in [-0.2, 0) is 12.8 Å². The van der Waals surface area contributed by atoms with Gasteiger partial charge in [-0.3, -0.25) is 4.98 Å². The molecule has 2 rings (SSSR count). The van der Waals surface area contributed by atoms with Gasteiger partial charge in [0, 0.05) is 5.69 Å². The van der Waals surface area contributed by atoms with E-state index >= 15 is 0 Å². The zero-order valence-electron chi connectivity index (χ0n) is 9.80. The van der Waals surface area contributed by atoms with Crippen LogP contribution >= 0.6 is 0 Å². The van der Waals surface area contributed by atoms with Crippen LogP contribution in [0.1, 0.15) is 49.2 Å². The number of aryl methyl sites for hydroxylation is 3. The number of rotatable bonds is 0. The van der Waals surface area contributed by atoms with E-state index < -0.39 is 0 Å². The van der Waals surface area contributed by atoms with Gasteiger partial charge in [-0.25, -0.2) is 0 Å². The fourth-order valence-corrected chi connectivity index (χ4v) is 1.85. The summed E-state index contributed by atoms with van der Waals surface area (Å²) < 4.78 is 0. The molecule has 0 N–H and O–H groups in total. The monoisotopic (exact) mass is 202 g/mol. The third kappa shape index (κ3) is 2.56. The summed E-state index contributed by atoms with van der Waals surface area (Å²) in [6, 6.07) is 4.19. The van der Waals surface area contributed by atoms with Gasteiger partial charge >= 0.3 is 0 Å². The molecular formula is C13H18N2. The molecule has 1 aliphatic carbocycles. The molecule has 1 aliphatic rings. The molecule has 15 heavy (non-hydrogen) atoms. The Kier molecular flexibility index (Phi) is 4.30. The second kappa shape index (κ2) is 5.50. The van der Waals surface area contributed by atoms with Crippen molar-refractivity contribution in [3.63, 3.8) is 0 Å². The number of hydrogen-bond donors (Lipinski definition) is 0. The second-order valence-corrected chi connectivity index (χ2v) is 3.55. The standard InChI is InChI=1S/C11H12N2.C2H6/c1-8-10(7-12)6-9-4-2-3-5-11(9)13-8;1-2/h6H,2-5H2,1H3;1-2H3. The maximum absolute atomic E-state index is 8.83. The van der Waals surface area contributed by atoms with Gasteiger partial charge in [0.2, 0.25) is 0 Å². The molecule has 0 spiro atoms. The van der Waals surface area contributed by atoms with Crippen LogP contribution < -0.4 is 0 Å². The number of fused-ring (bicyclic) bond motifs is 1. The van der Waals surface area contributed by atoms with Crippen LogP contribution in [-0.4, -0.2) is 4.98 Å². The number of nitrogens with zero attached hydrogens (tertiary/aromatic N) is 2. The average molecular weight is 202 g/mol. The first-order valence-electron chi connectivity index (χ1n) is 5.71. The smallest absolute Gasteiger partial charge is 0.101 e. The Hall–Kier alpha value is -1.36. The quantitative estimate of drug-likeness (QED) is 0.648. The van der Waals surface area contributed by atoms with Crippen LogP contribution in [0.3, 0.4) is 0 Å². The third-order valence-electron chi connectivity index (χ3n) is 2.61. The fraction of sp³-hybridized carbons (Fsp3) is 0.538. The molecular weight excluding hydrogens is 184 g/mol.